The smallest absolute Gasteiger partial charge is 0.293 e. The van der Waals surface area contributed by atoms with Gasteiger partial charge in [-0.15, -0.1) is 0 Å². The molecule has 0 heterocycles. The second-order valence-corrected chi connectivity index (χ2v) is 3.08. The molecule has 0 amide bonds. The van der Waals surface area contributed by atoms with Gasteiger partial charge in [-0.2, -0.15) is 0 Å². The van der Waals surface area contributed by atoms with Gasteiger partial charge in [0.25, 0.3) is 5.69 Å². The van der Waals surface area contributed by atoms with Gasteiger partial charge < -0.3 is 5.11 Å². The van der Waals surface area contributed by atoms with Crippen molar-refractivity contribution >= 4 is 17.3 Å². The molecule has 0 aliphatic carbocycles. The molecule has 5 heteroatoms. The van der Waals surface area contributed by atoms with E-state index in [0.29, 0.717) is 0 Å². The lowest BCUT2D eigenvalue weighted by atomic mass is 10.1. The quantitative estimate of drug-likeness (QED) is 0.588. The molecule has 0 spiro atoms. The zero-order chi connectivity index (χ0) is 10.0. The number of nitrogens with zero attached hydrogens (tertiary/aromatic N) is 1. The fourth-order valence-corrected chi connectivity index (χ4v) is 1.49. The molecule has 1 aromatic carbocycles. The topological polar surface area (TPSA) is 63.4 Å². The highest BCUT2D eigenvalue weighted by Crippen LogP contribution is 2.29. The van der Waals surface area contributed by atoms with Gasteiger partial charge in [-0.05, 0) is 24.6 Å². The van der Waals surface area contributed by atoms with Crippen molar-refractivity contribution in [3.63, 3.8) is 0 Å². The Hall–Kier alpha value is -1.13. The number of hydrogen-bond donors (Lipinski definition) is 1. The first kappa shape index (κ1) is 9.95. The highest BCUT2D eigenvalue weighted by molar-refractivity contribution is 6.32. The van der Waals surface area contributed by atoms with Crippen LogP contribution in [0.2, 0.25) is 5.02 Å². The fraction of sp³-hybridized carbons (Fsp3) is 0.250. The molecule has 0 fully saturated rings. The molecule has 1 rings (SSSR count). The van der Waals surface area contributed by atoms with Crippen LogP contribution in [0, 0.1) is 17.0 Å². The number of nitro benzene ring substituents is 1. The molecule has 0 radical (unpaired) electrons. The second kappa shape index (κ2) is 3.72. The van der Waals surface area contributed by atoms with Crippen LogP contribution in [0.5, 0.6) is 0 Å². The minimum absolute atomic E-state index is 0.0639. The molecule has 0 saturated carbocycles. The van der Waals surface area contributed by atoms with Crippen LogP contribution < -0.4 is 0 Å². The van der Waals surface area contributed by atoms with Gasteiger partial charge in [-0.25, -0.2) is 0 Å². The maximum atomic E-state index is 10.5. The van der Waals surface area contributed by atoms with Gasteiger partial charge in [-0.3, -0.25) is 10.1 Å². The Labute approximate surface area is 79.9 Å². The first-order valence-corrected chi connectivity index (χ1v) is 3.98. The van der Waals surface area contributed by atoms with E-state index in [9.17, 15) is 10.1 Å². The SMILES string of the molecule is Cc1cc(Cl)c([N+](=O)[O-])c(CO)c1. The van der Waals surface area contributed by atoms with Crippen LogP contribution in [0.25, 0.3) is 0 Å². The van der Waals surface area contributed by atoms with Crippen molar-refractivity contribution in [3.8, 4) is 0 Å². The minimum atomic E-state index is -0.590. The Bertz CT molecular complexity index is 351. The summed E-state index contributed by atoms with van der Waals surface area (Å²) in [5, 5.41) is 19.4. The van der Waals surface area contributed by atoms with Crippen molar-refractivity contribution in [2.24, 2.45) is 0 Å². The lowest BCUT2D eigenvalue weighted by Gasteiger charge is -2.02. The summed E-state index contributed by atoms with van der Waals surface area (Å²) in [5.41, 5.74) is 0.824. The van der Waals surface area contributed by atoms with E-state index in [1.165, 1.54) is 6.07 Å². The van der Waals surface area contributed by atoms with Gasteiger partial charge in [0.05, 0.1) is 17.1 Å². The third kappa shape index (κ3) is 1.96. The van der Waals surface area contributed by atoms with E-state index in [1.807, 2.05) is 0 Å². The molecule has 0 unspecified atom stereocenters. The number of nitro groups is 1. The van der Waals surface area contributed by atoms with Crippen molar-refractivity contribution in [2.75, 3.05) is 0 Å². The summed E-state index contributed by atoms with van der Waals surface area (Å²) < 4.78 is 0. The van der Waals surface area contributed by atoms with Gasteiger partial charge in [0.1, 0.15) is 5.02 Å². The van der Waals surface area contributed by atoms with E-state index in [0.717, 1.165) is 5.56 Å². The summed E-state index contributed by atoms with van der Waals surface area (Å²) in [6.45, 7) is 1.38. The molecular weight excluding hydrogens is 194 g/mol. The summed E-state index contributed by atoms with van der Waals surface area (Å²) in [4.78, 5) is 9.93. The molecular formula is C8H8ClNO3. The van der Waals surface area contributed by atoms with Crippen molar-refractivity contribution < 1.29 is 10.0 Å². The molecule has 0 aromatic heterocycles. The van der Waals surface area contributed by atoms with Crippen LogP contribution in [-0.4, -0.2) is 10.0 Å². The van der Waals surface area contributed by atoms with Crippen LogP contribution in [0.1, 0.15) is 11.1 Å². The maximum Gasteiger partial charge on any atom is 0.293 e. The molecule has 0 aliphatic rings. The maximum absolute atomic E-state index is 10.5. The van der Waals surface area contributed by atoms with E-state index >= 15 is 0 Å². The Morgan fingerprint density at radius 1 is 1.62 bits per heavy atom. The number of aliphatic hydroxyl groups is 1. The van der Waals surface area contributed by atoms with Crippen molar-refractivity contribution in [3.05, 3.63) is 38.4 Å². The first-order valence-electron chi connectivity index (χ1n) is 3.60. The Morgan fingerprint density at radius 2 is 2.23 bits per heavy atom. The van der Waals surface area contributed by atoms with Crippen LogP contribution in [0.15, 0.2) is 12.1 Å². The molecule has 0 atom stereocenters. The third-order valence-electron chi connectivity index (χ3n) is 1.64. The van der Waals surface area contributed by atoms with E-state index in [-0.39, 0.29) is 22.9 Å². The number of aryl methyl sites for hydroxylation is 1. The van der Waals surface area contributed by atoms with Crippen LogP contribution in [0.3, 0.4) is 0 Å². The zero-order valence-electron chi connectivity index (χ0n) is 6.95. The average Bonchev–Trinajstić information content (AvgIpc) is 2.01. The highest BCUT2D eigenvalue weighted by atomic mass is 35.5. The molecule has 1 N–H and O–H groups in total. The summed E-state index contributed by atoms with van der Waals surface area (Å²) in [5.74, 6) is 0. The minimum Gasteiger partial charge on any atom is -0.391 e. The van der Waals surface area contributed by atoms with Gasteiger partial charge in [0.2, 0.25) is 0 Å². The molecule has 4 nitrogen and oxygen atoms in total. The van der Waals surface area contributed by atoms with Crippen LogP contribution in [-0.2, 0) is 6.61 Å². The average molecular weight is 202 g/mol. The van der Waals surface area contributed by atoms with Gasteiger partial charge in [-0.1, -0.05) is 11.6 Å². The second-order valence-electron chi connectivity index (χ2n) is 2.67. The number of halogens is 1. The number of hydrogen-bond acceptors (Lipinski definition) is 3. The molecule has 0 saturated heterocycles. The van der Waals surface area contributed by atoms with Crippen molar-refractivity contribution in [1.29, 1.82) is 0 Å². The zero-order valence-corrected chi connectivity index (χ0v) is 7.71. The lowest BCUT2D eigenvalue weighted by Crippen LogP contribution is -1.97. The number of aliphatic hydroxyl groups excluding tert-OH is 1. The van der Waals surface area contributed by atoms with E-state index in [2.05, 4.69) is 0 Å². The predicted octanol–water partition coefficient (Wildman–Crippen LogP) is 2.05. The molecule has 0 bridgehead atoms. The molecule has 70 valence electrons. The summed E-state index contributed by atoms with van der Waals surface area (Å²) in [6, 6.07) is 3.04. The van der Waals surface area contributed by atoms with Gasteiger partial charge in [0, 0.05) is 0 Å². The standard InChI is InChI=1S/C8H8ClNO3/c1-5-2-6(4-11)8(10(12)13)7(9)3-5/h2-3,11H,4H2,1H3. The van der Waals surface area contributed by atoms with Crippen molar-refractivity contribution in [1.82, 2.24) is 0 Å². The molecule has 1 aromatic rings. The van der Waals surface area contributed by atoms with E-state index in [1.54, 1.807) is 13.0 Å². The number of rotatable bonds is 2. The van der Waals surface area contributed by atoms with E-state index < -0.39 is 4.92 Å². The fourth-order valence-electron chi connectivity index (χ4n) is 1.13. The predicted molar refractivity (Wildman–Crippen MR) is 48.8 cm³/mol. The Balaban J connectivity index is 3.38. The summed E-state index contributed by atoms with van der Waals surface area (Å²) >= 11 is 5.66. The van der Waals surface area contributed by atoms with Gasteiger partial charge >= 0.3 is 0 Å². The summed E-state index contributed by atoms with van der Waals surface area (Å²) in [6.07, 6.45) is 0. The van der Waals surface area contributed by atoms with Crippen LogP contribution >= 0.6 is 11.6 Å². The largest absolute Gasteiger partial charge is 0.391 e. The summed E-state index contributed by atoms with van der Waals surface area (Å²) in [7, 11) is 0. The highest BCUT2D eigenvalue weighted by Gasteiger charge is 2.18. The Morgan fingerprint density at radius 3 is 2.69 bits per heavy atom. The van der Waals surface area contributed by atoms with Crippen LogP contribution in [0.4, 0.5) is 5.69 Å². The normalized spacial score (nSPS) is 10.1. The molecule has 13 heavy (non-hydrogen) atoms. The first-order chi connectivity index (χ1) is 6.06. The third-order valence-corrected chi connectivity index (χ3v) is 1.93. The molecule has 0 aliphatic heterocycles. The van der Waals surface area contributed by atoms with Crippen molar-refractivity contribution in [2.45, 2.75) is 13.5 Å². The van der Waals surface area contributed by atoms with Gasteiger partial charge in [0.15, 0.2) is 0 Å². The monoisotopic (exact) mass is 201 g/mol. The van der Waals surface area contributed by atoms with E-state index in [4.69, 9.17) is 16.7 Å². The lowest BCUT2D eigenvalue weighted by molar-refractivity contribution is -0.385. The Kier molecular flexibility index (Phi) is 2.85. The number of benzene rings is 1.